The van der Waals surface area contributed by atoms with Crippen molar-refractivity contribution in [3.63, 3.8) is 0 Å². The summed E-state index contributed by atoms with van der Waals surface area (Å²) in [5, 5.41) is 8.80. The molecular weight excluding hydrogens is 328 g/mol. The zero-order valence-electron chi connectivity index (χ0n) is 13.5. The summed E-state index contributed by atoms with van der Waals surface area (Å²) in [6.07, 6.45) is 0.845. The lowest BCUT2D eigenvalue weighted by molar-refractivity contribution is 0.264. The molecule has 1 aromatic heterocycles. The Morgan fingerprint density at radius 1 is 1.04 bits per heavy atom. The Hall–Kier alpha value is -2.53. The highest BCUT2D eigenvalue weighted by atomic mass is 35.5. The zero-order valence-corrected chi connectivity index (χ0v) is 14.2. The fourth-order valence-electron chi connectivity index (χ4n) is 2.22. The van der Waals surface area contributed by atoms with Crippen molar-refractivity contribution in [1.29, 1.82) is 0 Å². The van der Waals surface area contributed by atoms with E-state index in [1.54, 1.807) is 7.11 Å². The highest BCUT2D eigenvalue weighted by molar-refractivity contribution is 6.31. The van der Waals surface area contributed by atoms with Gasteiger partial charge in [0.1, 0.15) is 11.5 Å². The van der Waals surface area contributed by atoms with Crippen LogP contribution >= 0.6 is 11.6 Å². The van der Waals surface area contributed by atoms with Crippen LogP contribution < -0.4 is 9.47 Å². The monoisotopic (exact) mass is 344 g/mol. The minimum absolute atomic E-state index is 0.202. The molecule has 0 spiro atoms. The van der Waals surface area contributed by atoms with Crippen molar-refractivity contribution in [2.24, 2.45) is 0 Å². The molecule has 0 aliphatic carbocycles. The van der Waals surface area contributed by atoms with Crippen molar-refractivity contribution in [1.82, 2.24) is 10.2 Å². The normalized spacial score (nSPS) is 10.6. The average molecular weight is 345 g/mol. The molecule has 2 aromatic carbocycles. The molecule has 0 saturated carbocycles. The van der Waals surface area contributed by atoms with Crippen molar-refractivity contribution in [3.8, 4) is 23.0 Å². The van der Waals surface area contributed by atoms with Gasteiger partial charge in [0.15, 0.2) is 6.61 Å². The molecule has 0 radical (unpaired) electrons. The second-order valence-electron chi connectivity index (χ2n) is 5.12. The van der Waals surface area contributed by atoms with Crippen LogP contribution in [0.2, 0.25) is 5.02 Å². The Morgan fingerprint density at radius 2 is 1.79 bits per heavy atom. The maximum Gasteiger partial charge on any atom is 0.254 e. The molecule has 0 aliphatic heterocycles. The van der Waals surface area contributed by atoms with Crippen molar-refractivity contribution in [2.45, 2.75) is 20.0 Å². The number of methoxy groups -OCH3 is 1. The number of benzene rings is 2. The second kappa shape index (κ2) is 7.36. The first-order valence-corrected chi connectivity index (χ1v) is 7.95. The summed E-state index contributed by atoms with van der Waals surface area (Å²) in [6, 6.07) is 13.0. The molecule has 24 heavy (non-hydrogen) atoms. The molecule has 3 aromatic rings. The first-order valence-electron chi connectivity index (χ1n) is 7.57. The van der Waals surface area contributed by atoms with Crippen LogP contribution in [0.3, 0.4) is 0 Å². The summed E-state index contributed by atoms with van der Waals surface area (Å²) in [5.74, 6) is 2.35. The molecule has 3 rings (SSSR count). The van der Waals surface area contributed by atoms with Gasteiger partial charge in [-0.2, -0.15) is 0 Å². The largest absolute Gasteiger partial charge is 0.497 e. The molecule has 5 nitrogen and oxygen atoms in total. The van der Waals surface area contributed by atoms with Gasteiger partial charge in [0.2, 0.25) is 5.89 Å². The van der Waals surface area contributed by atoms with Gasteiger partial charge in [-0.15, -0.1) is 10.2 Å². The smallest absolute Gasteiger partial charge is 0.254 e. The van der Waals surface area contributed by atoms with Crippen LogP contribution in [0.1, 0.15) is 18.4 Å². The number of aromatic nitrogens is 2. The average Bonchev–Trinajstić information content (AvgIpc) is 3.10. The molecule has 0 bridgehead atoms. The van der Waals surface area contributed by atoms with Gasteiger partial charge < -0.3 is 13.9 Å². The lowest BCUT2D eigenvalue weighted by atomic mass is 10.1. The lowest BCUT2D eigenvalue weighted by Crippen LogP contribution is -1.96. The van der Waals surface area contributed by atoms with Crippen LogP contribution in [0.15, 0.2) is 46.9 Å². The summed E-state index contributed by atoms with van der Waals surface area (Å²) < 4.78 is 16.5. The van der Waals surface area contributed by atoms with E-state index in [1.165, 1.54) is 0 Å². The fraction of sp³-hybridized carbons (Fsp3) is 0.222. The maximum atomic E-state index is 6.10. The molecule has 0 amide bonds. The minimum atomic E-state index is 0.202. The number of halogens is 1. The van der Waals surface area contributed by atoms with Gasteiger partial charge in [-0.25, -0.2) is 0 Å². The zero-order chi connectivity index (χ0) is 16.9. The van der Waals surface area contributed by atoms with E-state index in [0.717, 1.165) is 34.1 Å². The van der Waals surface area contributed by atoms with Crippen LogP contribution in [0, 0.1) is 0 Å². The Bertz CT molecular complexity index is 815. The minimum Gasteiger partial charge on any atom is -0.497 e. The first-order chi connectivity index (χ1) is 11.7. The van der Waals surface area contributed by atoms with Crippen LogP contribution in [0.25, 0.3) is 11.5 Å². The third-order valence-corrected chi connectivity index (χ3v) is 3.93. The number of hydrogen-bond acceptors (Lipinski definition) is 5. The third-order valence-electron chi connectivity index (χ3n) is 3.56. The van der Waals surface area contributed by atoms with Crippen LogP contribution in [0.5, 0.6) is 11.5 Å². The molecule has 0 aliphatic rings. The molecule has 0 N–H and O–H groups in total. The molecule has 0 saturated heterocycles. The SMILES string of the molecule is CCc1cc(OCc2nnc(-c3ccc(OC)cc3)o2)ccc1Cl. The number of hydrogen-bond donors (Lipinski definition) is 0. The molecular formula is C18H17ClN2O3. The predicted octanol–water partition coefficient (Wildman–Crippen LogP) is 4.54. The molecule has 1 heterocycles. The number of aryl methyl sites for hydroxylation is 1. The van der Waals surface area contributed by atoms with Crippen molar-refractivity contribution < 1.29 is 13.9 Å². The van der Waals surface area contributed by atoms with Crippen molar-refractivity contribution in [2.75, 3.05) is 7.11 Å². The topological polar surface area (TPSA) is 57.4 Å². The standard InChI is InChI=1S/C18H17ClN2O3/c1-3-12-10-15(8-9-16(12)19)23-11-17-20-21-18(24-17)13-4-6-14(22-2)7-5-13/h4-10H,3,11H2,1-2H3. The van der Waals surface area contributed by atoms with E-state index >= 15 is 0 Å². The Morgan fingerprint density at radius 3 is 2.50 bits per heavy atom. The van der Waals surface area contributed by atoms with Gasteiger partial charge in [0.05, 0.1) is 7.11 Å². The Balaban J connectivity index is 1.67. The van der Waals surface area contributed by atoms with Gasteiger partial charge in [-0.05, 0) is 54.4 Å². The summed E-state index contributed by atoms with van der Waals surface area (Å²) in [6.45, 7) is 2.25. The Labute approximate surface area is 145 Å². The first kappa shape index (κ1) is 16.3. The van der Waals surface area contributed by atoms with Crippen molar-refractivity contribution in [3.05, 3.63) is 58.9 Å². The van der Waals surface area contributed by atoms with E-state index in [1.807, 2.05) is 49.4 Å². The van der Waals surface area contributed by atoms with Crippen LogP contribution in [-0.2, 0) is 13.0 Å². The summed E-state index contributed by atoms with van der Waals surface area (Å²) in [5.41, 5.74) is 1.87. The molecule has 0 unspecified atom stereocenters. The van der Waals surface area contributed by atoms with Crippen LogP contribution in [-0.4, -0.2) is 17.3 Å². The maximum absolute atomic E-state index is 6.10. The predicted molar refractivity (Wildman–Crippen MR) is 91.4 cm³/mol. The Kier molecular flexibility index (Phi) is 5.01. The molecule has 0 fully saturated rings. The van der Waals surface area contributed by atoms with E-state index in [9.17, 15) is 0 Å². The lowest BCUT2D eigenvalue weighted by Gasteiger charge is -2.06. The van der Waals surface area contributed by atoms with Gasteiger partial charge in [0, 0.05) is 10.6 Å². The van der Waals surface area contributed by atoms with Crippen LogP contribution in [0.4, 0.5) is 0 Å². The third kappa shape index (κ3) is 3.68. The van der Waals surface area contributed by atoms with Crippen molar-refractivity contribution >= 4 is 11.6 Å². The summed E-state index contributed by atoms with van der Waals surface area (Å²) in [7, 11) is 1.62. The highest BCUT2D eigenvalue weighted by Crippen LogP contribution is 2.24. The van der Waals surface area contributed by atoms with Gasteiger partial charge in [-0.3, -0.25) is 0 Å². The fourth-order valence-corrected chi connectivity index (χ4v) is 2.47. The number of ether oxygens (including phenoxy) is 2. The van der Waals surface area contributed by atoms with Gasteiger partial charge in [0.25, 0.3) is 5.89 Å². The van der Waals surface area contributed by atoms with E-state index in [0.29, 0.717) is 11.8 Å². The van der Waals surface area contributed by atoms with E-state index in [4.69, 9.17) is 25.5 Å². The highest BCUT2D eigenvalue weighted by Gasteiger charge is 2.10. The number of nitrogens with zero attached hydrogens (tertiary/aromatic N) is 2. The second-order valence-corrected chi connectivity index (χ2v) is 5.53. The summed E-state index contributed by atoms with van der Waals surface area (Å²) in [4.78, 5) is 0. The van der Waals surface area contributed by atoms with Gasteiger partial charge in [-0.1, -0.05) is 18.5 Å². The molecule has 0 atom stereocenters. The van der Waals surface area contributed by atoms with E-state index in [-0.39, 0.29) is 6.61 Å². The quantitative estimate of drug-likeness (QED) is 0.657. The molecule has 6 heteroatoms. The van der Waals surface area contributed by atoms with Gasteiger partial charge >= 0.3 is 0 Å². The molecule has 124 valence electrons. The number of rotatable bonds is 6. The van der Waals surface area contributed by atoms with E-state index < -0.39 is 0 Å². The summed E-state index contributed by atoms with van der Waals surface area (Å²) >= 11 is 6.10. The van der Waals surface area contributed by atoms with E-state index in [2.05, 4.69) is 10.2 Å².